The van der Waals surface area contributed by atoms with Crippen molar-refractivity contribution in [3.63, 3.8) is 0 Å². The maximum absolute atomic E-state index is 5.95. The smallest absolute Gasteiger partial charge is 0.159 e. The number of unbranched alkanes of at least 4 members (excludes halogenated alkanes) is 7. The Hall–Kier alpha value is -1.90. The van der Waals surface area contributed by atoms with Gasteiger partial charge in [0.25, 0.3) is 0 Å². The van der Waals surface area contributed by atoms with Crippen molar-refractivity contribution in [2.45, 2.75) is 110 Å². The van der Waals surface area contributed by atoms with Crippen LogP contribution >= 0.6 is 0 Å². The summed E-state index contributed by atoms with van der Waals surface area (Å²) >= 11 is 0. The van der Waals surface area contributed by atoms with Gasteiger partial charge in [-0.25, -0.2) is 9.97 Å². The predicted molar refractivity (Wildman–Crippen MR) is 135 cm³/mol. The van der Waals surface area contributed by atoms with Gasteiger partial charge in [-0.05, 0) is 55.0 Å². The van der Waals surface area contributed by atoms with Crippen molar-refractivity contribution in [3.05, 3.63) is 42.2 Å². The minimum Gasteiger partial charge on any atom is -0.494 e. The van der Waals surface area contributed by atoms with E-state index in [1.807, 2.05) is 24.5 Å². The van der Waals surface area contributed by atoms with Crippen molar-refractivity contribution >= 4 is 0 Å². The van der Waals surface area contributed by atoms with Crippen LogP contribution in [-0.4, -0.2) is 16.6 Å². The van der Waals surface area contributed by atoms with Crippen LogP contribution in [0.1, 0.15) is 109 Å². The first-order valence-electron chi connectivity index (χ1n) is 13.4. The molecule has 1 aromatic carbocycles. The molecular weight excluding hydrogens is 392 g/mol. The summed E-state index contributed by atoms with van der Waals surface area (Å²) in [5.41, 5.74) is 2.30. The molecular formula is C29H44N2O. The number of aryl methyl sites for hydroxylation is 1. The van der Waals surface area contributed by atoms with E-state index in [4.69, 9.17) is 4.74 Å². The number of hydrogen-bond acceptors (Lipinski definition) is 3. The number of rotatable bonds is 15. The van der Waals surface area contributed by atoms with Crippen molar-refractivity contribution < 1.29 is 4.74 Å². The van der Waals surface area contributed by atoms with E-state index in [1.54, 1.807) is 0 Å². The lowest BCUT2D eigenvalue weighted by Crippen LogP contribution is -2.06. The van der Waals surface area contributed by atoms with Gasteiger partial charge in [0, 0.05) is 18.0 Å². The van der Waals surface area contributed by atoms with Gasteiger partial charge in [0.1, 0.15) is 5.75 Å². The van der Waals surface area contributed by atoms with E-state index in [0.717, 1.165) is 42.5 Å². The van der Waals surface area contributed by atoms with E-state index in [1.165, 1.54) is 95.5 Å². The van der Waals surface area contributed by atoms with E-state index >= 15 is 0 Å². The van der Waals surface area contributed by atoms with Gasteiger partial charge in [-0.15, -0.1) is 0 Å². The van der Waals surface area contributed by atoms with Gasteiger partial charge in [0.05, 0.1) is 6.61 Å². The largest absolute Gasteiger partial charge is 0.494 e. The number of nitrogens with zero attached hydrogens (tertiary/aromatic N) is 2. The lowest BCUT2D eigenvalue weighted by molar-refractivity contribution is 0.293. The van der Waals surface area contributed by atoms with Gasteiger partial charge in [-0.3, -0.25) is 0 Å². The molecule has 176 valence electrons. The Bertz CT molecular complexity index is 720. The number of ether oxygens (including phenoxy) is 1. The molecule has 32 heavy (non-hydrogen) atoms. The van der Waals surface area contributed by atoms with Crippen LogP contribution in [0.3, 0.4) is 0 Å². The zero-order valence-electron chi connectivity index (χ0n) is 20.4. The van der Waals surface area contributed by atoms with E-state index in [0.29, 0.717) is 0 Å². The van der Waals surface area contributed by atoms with Crippen molar-refractivity contribution in [2.24, 2.45) is 5.92 Å². The van der Waals surface area contributed by atoms with Gasteiger partial charge >= 0.3 is 0 Å². The number of aromatic nitrogens is 2. The zero-order valence-corrected chi connectivity index (χ0v) is 20.4. The van der Waals surface area contributed by atoms with Crippen LogP contribution in [0.5, 0.6) is 5.75 Å². The molecule has 0 spiro atoms. The Morgan fingerprint density at radius 3 is 2.22 bits per heavy atom. The van der Waals surface area contributed by atoms with E-state index in [2.05, 4.69) is 29.0 Å². The topological polar surface area (TPSA) is 35.0 Å². The Morgan fingerprint density at radius 1 is 0.781 bits per heavy atom. The Balaban J connectivity index is 1.30. The lowest BCUT2D eigenvalue weighted by Gasteiger charge is -2.21. The van der Waals surface area contributed by atoms with Gasteiger partial charge in [-0.1, -0.05) is 90.4 Å². The summed E-state index contributed by atoms with van der Waals surface area (Å²) in [4.78, 5) is 9.18. The fraction of sp³-hybridized carbons (Fsp3) is 0.655. The molecule has 3 heteroatoms. The second-order valence-corrected chi connectivity index (χ2v) is 9.66. The number of hydrogen-bond donors (Lipinski definition) is 0. The Labute approximate surface area is 196 Å². The normalized spacial score (nSPS) is 14.5. The highest BCUT2D eigenvalue weighted by Gasteiger charge is 2.12. The molecule has 1 aliphatic carbocycles. The van der Waals surface area contributed by atoms with Gasteiger partial charge in [0.15, 0.2) is 5.82 Å². The molecule has 1 aromatic heterocycles. The molecule has 1 fully saturated rings. The van der Waals surface area contributed by atoms with Crippen LogP contribution in [0.4, 0.5) is 0 Å². The van der Waals surface area contributed by atoms with E-state index in [9.17, 15) is 0 Å². The van der Waals surface area contributed by atoms with Crippen LogP contribution in [0.2, 0.25) is 0 Å². The predicted octanol–water partition coefficient (Wildman–Crippen LogP) is 8.57. The van der Waals surface area contributed by atoms with Crippen LogP contribution in [0, 0.1) is 5.92 Å². The summed E-state index contributed by atoms with van der Waals surface area (Å²) in [6, 6.07) is 8.23. The monoisotopic (exact) mass is 436 g/mol. The summed E-state index contributed by atoms with van der Waals surface area (Å²) in [7, 11) is 0. The van der Waals surface area contributed by atoms with Crippen LogP contribution < -0.4 is 4.74 Å². The minimum atomic E-state index is 0.797. The molecule has 0 atom stereocenters. The summed E-state index contributed by atoms with van der Waals surface area (Å²) in [6.07, 6.45) is 25.5. The molecule has 0 radical (unpaired) electrons. The van der Waals surface area contributed by atoms with Crippen LogP contribution in [0.15, 0.2) is 36.7 Å². The summed E-state index contributed by atoms with van der Waals surface area (Å²) in [5, 5.41) is 0. The lowest BCUT2D eigenvalue weighted by atomic mass is 9.86. The third-order valence-corrected chi connectivity index (χ3v) is 6.89. The highest BCUT2D eigenvalue weighted by Crippen LogP contribution is 2.28. The average Bonchev–Trinajstić information content (AvgIpc) is 2.85. The van der Waals surface area contributed by atoms with E-state index < -0.39 is 0 Å². The fourth-order valence-corrected chi connectivity index (χ4v) is 4.82. The molecule has 1 saturated carbocycles. The molecule has 3 nitrogen and oxygen atoms in total. The highest BCUT2D eigenvalue weighted by atomic mass is 16.5. The first-order valence-corrected chi connectivity index (χ1v) is 13.4. The standard InChI is InChI=1S/C29H44N2O/c1-2-3-4-5-6-9-17-26-23-30-29(31-24-26)27-18-20-28(21-19-27)32-22-13-8-12-16-25-14-10-7-11-15-25/h18-21,23-25H,2-17,22H2,1H3. The van der Waals surface area contributed by atoms with Gasteiger partial charge in [-0.2, -0.15) is 0 Å². The fourth-order valence-electron chi connectivity index (χ4n) is 4.82. The maximum Gasteiger partial charge on any atom is 0.159 e. The third kappa shape index (κ3) is 9.30. The highest BCUT2D eigenvalue weighted by molar-refractivity contribution is 5.55. The zero-order chi connectivity index (χ0) is 22.3. The summed E-state index contributed by atoms with van der Waals surface area (Å²) in [6.45, 7) is 3.08. The quantitative estimate of drug-likeness (QED) is 0.262. The van der Waals surface area contributed by atoms with Crippen molar-refractivity contribution in [2.75, 3.05) is 6.61 Å². The average molecular weight is 437 g/mol. The molecule has 3 rings (SSSR count). The first kappa shape index (κ1) is 24.7. The minimum absolute atomic E-state index is 0.797. The Kier molecular flexibility index (Phi) is 11.6. The second kappa shape index (κ2) is 15.0. The molecule has 0 bridgehead atoms. The van der Waals surface area contributed by atoms with Crippen molar-refractivity contribution in [3.8, 4) is 17.1 Å². The van der Waals surface area contributed by atoms with Gasteiger partial charge in [0.2, 0.25) is 0 Å². The van der Waals surface area contributed by atoms with Crippen molar-refractivity contribution in [1.29, 1.82) is 0 Å². The third-order valence-electron chi connectivity index (χ3n) is 6.89. The first-order chi connectivity index (χ1) is 15.8. The molecule has 1 aliphatic rings. The molecule has 1 heterocycles. The molecule has 2 aromatic rings. The maximum atomic E-state index is 5.95. The molecule has 0 amide bonds. The molecule has 0 saturated heterocycles. The summed E-state index contributed by atoms with van der Waals surface area (Å²) < 4.78 is 5.95. The molecule has 0 N–H and O–H groups in total. The van der Waals surface area contributed by atoms with E-state index in [-0.39, 0.29) is 0 Å². The molecule has 0 unspecified atom stereocenters. The van der Waals surface area contributed by atoms with Crippen molar-refractivity contribution in [1.82, 2.24) is 9.97 Å². The molecule has 0 aliphatic heterocycles. The number of benzene rings is 1. The summed E-state index contributed by atoms with van der Waals surface area (Å²) in [5.74, 6) is 2.75. The Morgan fingerprint density at radius 2 is 1.47 bits per heavy atom. The van der Waals surface area contributed by atoms with Crippen LogP contribution in [0.25, 0.3) is 11.4 Å². The van der Waals surface area contributed by atoms with Gasteiger partial charge < -0.3 is 4.74 Å². The van der Waals surface area contributed by atoms with Crippen LogP contribution in [-0.2, 0) is 6.42 Å². The SMILES string of the molecule is CCCCCCCCc1cnc(-c2ccc(OCCCCCC3CCCCC3)cc2)nc1. The second-order valence-electron chi connectivity index (χ2n) is 9.66.